The maximum absolute atomic E-state index is 6.12. The van der Waals surface area contributed by atoms with Crippen LogP contribution in [0.25, 0.3) is 0 Å². The van der Waals surface area contributed by atoms with Gasteiger partial charge in [-0.2, -0.15) is 0 Å². The molecule has 0 atom stereocenters. The fourth-order valence-electron chi connectivity index (χ4n) is 5.15. The minimum absolute atomic E-state index is 0.0163. The Balaban J connectivity index is 0.000000212. The normalized spacial score (nSPS) is 11.3. The zero-order valence-corrected chi connectivity index (χ0v) is 24.1. The molecule has 39 heavy (non-hydrogen) atoms. The number of benzene rings is 4. The SMILES string of the molecule is C=CCCCC[SiH2]C(c1ccccc1)(c1ccccc1)n1ccnc1.[B]C(c1ccccc1)c1ccccc1. The molecular weight excluding hydrogens is 487 g/mol. The third kappa shape index (κ3) is 7.36. The van der Waals surface area contributed by atoms with Crippen LogP contribution < -0.4 is 0 Å². The maximum atomic E-state index is 6.12. The molecule has 2 radical (unpaired) electrons. The van der Waals surface area contributed by atoms with Crippen molar-refractivity contribution < 1.29 is 0 Å². The maximum Gasteiger partial charge on any atom is 0.0953 e. The van der Waals surface area contributed by atoms with E-state index in [1.54, 1.807) is 0 Å². The van der Waals surface area contributed by atoms with Gasteiger partial charge in [0.05, 0.1) is 28.9 Å². The molecule has 0 aliphatic heterocycles. The Morgan fingerprint density at radius 1 is 0.744 bits per heavy atom. The predicted molar refractivity (Wildman–Crippen MR) is 169 cm³/mol. The lowest BCUT2D eigenvalue weighted by molar-refractivity contribution is 0.588. The zero-order valence-electron chi connectivity index (χ0n) is 22.6. The quantitative estimate of drug-likeness (QED) is 0.0993. The first-order valence-electron chi connectivity index (χ1n) is 13.8. The summed E-state index contributed by atoms with van der Waals surface area (Å²) in [5, 5.41) is -0.0762. The molecule has 1 heterocycles. The van der Waals surface area contributed by atoms with E-state index in [1.807, 2.05) is 55.0 Å². The molecule has 0 aliphatic carbocycles. The van der Waals surface area contributed by atoms with Crippen LogP contribution in [0, 0.1) is 0 Å². The highest BCUT2D eigenvalue weighted by atomic mass is 28.2. The fourth-order valence-corrected chi connectivity index (χ4v) is 7.76. The van der Waals surface area contributed by atoms with Gasteiger partial charge in [-0.3, -0.25) is 0 Å². The van der Waals surface area contributed by atoms with Gasteiger partial charge in [0.2, 0.25) is 0 Å². The van der Waals surface area contributed by atoms with Gasteiger partial charge in [-0.1, -0.05) is 146 Å². The summed E-state index contributed by atoms with van der Waals surface area (Å²) in [4.78, 5) is 4.37. The van der Waals surface area contributed by atoms with Crippen molar-refractivity contribution in [1.29, 1.82) is 0 Å². The van der Waals surface area contributed by atoms with Gasteiger partial charge < -0.3 is 4.57 Å². The molecule has 0 fully saturated rings. The minimum Gasteiger partial charge on any atom is -0.327 e. The highest BCUT2D eigenvalue weighted by Gasteiger charge is 2.35. The topological polar surface area (TPSA) is 17.8 Å². The summed E-state index contributed by atoms with van der Waals surface area (Å²) in [6, 6.07) is 43.4. The highest BCUT2D eigenvalue weighted by molar-refractivity contribution is 6.41. The molecule has 0 saturated heterocycles. The van der Waals surface area contributed by atoms with Crippen LogP contribution in [0.5, 0.6) is 0 Å². The third-order valence-electron chi connectivity index (χ3n) is 7.21. The number of aromatic nitrogens is 2. The summed E-state index contributed by atoms with van der Waals surface area (Å²) >= 11 is 0. The second-order valence-electron chi connectivity index (χ2n) is 9.75. The van der Waals surface area contributed by atoms with Crippen molar-refractivity contribution in [2.45, 2.75) is 36.3 Å². The second kappa shape index (κ2) is 14.9. The lowest BCUT2D eigenvalue weighted by Gasteiger charge is -2.37. The standard InChI is InChI=1S/C22H26N2Si.C13H11B/c1-2-3-4-11-18-25-22(24-17-16-23-19-24,20-12-7-5-8-13-20)21-14-9-6-10-15-21;14-13(11-7-3-1-4-8-11)12-9-5-2-6-10-12/h2,5-10,12-17,19H,1,3-4,11,18,25H2;1-10,13H. The van der Waals surface area contributed by atoms with Crippen molar-refractivity contribution in [3.8, 4) is 0 Å². The van der Waals surface area contributed by atoms with E-state index in [0.29, 0.717) is 0 Å². The molecule has 0 aliphatic rings. The average molecular weight is 525 g/mol. The van der Waals surface area contributed by atoms with E-state index in [4.69, 9.17) is 7.85 Å². The van der Waals surface area contributed by atoms with Crippen LogP contribution >= 0.6 is 0 Å². The summed E-state index contributed by atoms with van der Waals surface area (Å²) in [6.07, 6.45) is 11.6. The number of nitrogens with zero attached hydrogens (tertiary/aromatic N) is 2. The van der Waals surface area contributed by atoms with Gasteiger partial charge in [-0.15, -0.1) is 6.58 Å². The molecule has 4 heteroatoms. The molecule has 5 rings (SSSR count). The molecule has 0 saturated carbocycles. The molecule has 0 amide bonds. The fraction of sp³-hybridized carbons (Fsp3) is 0.171. The molecule has 194 valence electrons. The molecule has 0 N–H and O–H groups in total. The Morgan fingerprint density at radius 3 is 1.67 bits per heavy atom. The van der Waals surface area contributed by atoms with Crippen LogP contribution in [0.2, 0.25) is 6.04 Å². The minimum atomic E-state index is -0.486. The van der Waals surface area contributed by atoms with E-state index in [9.17, 15) is 0 Å². The van der Waals surface area contributed by atoms with Crippen molar-refractivity contribution in [1.82, 2.24) is 9.55 Å². The van der Waals surface area contributed by atoms with E-state index >= 15 is 0 Å². The van der Waals surface area contributed by atoms with E-state index in [0.717, 1.165) is 17.5 Å². The number of allylic oxidation sites excluding steroid dienone is 1. The van der Waals surface area contributed by atoms with Gasteiger partial charge in [-0.25, -0.2) is 4.98 Å². The highest BCUT2D eigenvalue weighted by Crippen LogP contribution is 2.34. The van der Waals surface area contributed by atoms with E-state index in [-0.39, 0.29) is 11.0 Å². The lowest BCUT2D eigenvalue weighted by atomic mass is 9.76. The molecule has 4 aromatic carbocycles. The zero-order chi connectivity index (χ0) is 27.2. The molecule has 0 spiro atoms. The van der Waals surface area contributed by atoms with Crippen molar-refractivity contribution >= 4 is 17.4 Å². The van der Waals surface area contributed by atoms with Crippen LogP contribution in [0.4, 0.5) is 0 Å². The monoisotopic (exact) mass is 524 g/mol. The van der Waals surface area contributed by atoms with E-state index in [2.05, 4.69) is 107 Å². The molecule has 2 nitrogen and oxygen atoms in total. The van der Waals surface area contributed by atoms with Gasteiger partial charge in [0, 0.05) is 12.4 Å². The molecule has 0 bridgehead atoms. The van der Waals surface area contributed by atoms with Crippen LogP contribution in [-0.4, -0.2) is 26.9 Å². The number of hydrogen-bond acceptors (Lipinski definition) is 1. The molecule has 5 aromatic rings. The third-order valence-corrected chi connectivity index (χ3v) is 9.97. The largest absolute Gasteiger partial charge is 0.327 e. The van der Waals surface area contributed by atoms with Gasteiger partial charge in [-0.05, 0) is 34.5 Å². The van der Waals surface area contributed by atoms with Gasteiger partial charge in [0.25, 0.3) is 0 Å². The Hall–Kier alpha value is -3.89. The summed E-state index contributed by atoms with van der Waals surface area (Å²) in [6.45, 7) is 3.84. The van der Waals surface area contributed by atoms with Crippen LogP contribution in [0.15, 0.2) is 153 Å². The van der Waals surface area contributed by atoms with Gasteiger partial charge >= 0.3 is 0 Å². The van der Waals surface area contributed by atoms with E-state index < -0.39 is 9.52 Å². The Labute approximate surface area is 237 Å². The van der Waals surface area contributed by atoms with Crippen molar-refractivity contribution in [3.63, 3.8) is 0 Å². The van der Waals surface area contributed by atoms with Gasteiger partial charge in [0.1, 0.15) is 0 Å². The average Bonchev–Trinajstić information content (AvgIpc) is 3.56. The predicted octanol–water partition coefficient (Wildman–Crippen LogP) is 7.52. The van der Waals surface area contributed by atoms with Crippen LogP contribution in [0.3, 0.4) is 0 Å². The second-order valence-corrected chi connectivity index (χ2v) is 12.0. The first-order chi connectivity index (χ1) is 19.3. The van der Waals surface area contributed by atoms with Crippen LogP contribution in [0.1, 0.15) is 47.3 Å². The Bertz CT molecular complexity index is 1260. The van der Waals surface area contributed by atoms with Crippen molar-refractivity contribution in [2.75, 3.05) is 0 Å². The van der Waals surface area contributed by atoms with E-state index in [1.165, 1.54) is 30.0 Å². The van der Waals surface area contributed by atoms with Crippen molar-refractivity contribution in [3.05, 3.63) is 175 Å². The number of imidazole rings is 1. The Morgan fingerprint density at radius 2 is 1.23 bits per heavy atom. The summed E-state index contributed by atoms with van der Waals surface area (Å²) in [5.74, 6) is -0.0163. The number of hydrogen-bond donors (Lipinski definition) is 0. The summed E-state index contributed by atoms with van der Waals surface area (Å²) in [5.41, 5.74) is 5.04. The van der Waals surface area contributed by atoms with Crippen LogP contribution in [-0.2, 0) is 5.16 Å². The summed E-state index contributed by atoms with van der Waals surface area (Å²) in [7, 11) is 5.63. The molecular formula is C35H37BN2Si. The summed E-state index contributed by atoms with van der Waals surface area (Å²) < 4.78 is 2.33. The lowest BCUT2D eigenvalue weighted by Crippen LogP contribution is -2.41. The van der Waals surface area contributed by atoms with Crippen molar-refractivity contribution in [2.24, 2.45) is 0 Å². The first kappa shape index (κ1) is 28.1. The first-order valence-corrected chi connectivity index (χ1v) is 15.5. The number of rotatable bonds is 11. The molecule has 0 unspecified atom stereocenters. The number of unbranched alkanes of at least 4 members (excludes halogenated alkanes) is 2. The smallest absolute Gasteiger partial charge is 0.0953 e. The Kier molecular flexibility index (Phi) is 10.7. The molecule has 1 aromatic heterocycles. The van der Waals surface area contributed by atoms with Gasteiger partial charge in [0.15, 0.2) is 0 Å².